The van der Waals surface area contributed by atoms with Gasteiger partial charge in [-0.15, -0.1) is 0 Å². The summed E-state index contributed by atoms with van der Waals surface area (Å²) in [4.78, 5) is 15.6. The van der Waals surface area contributed by atoms with E-state index >= 15 is 0 Å². The summed E-state index contributed by atoms with van der Waals surface area (Å²) in [5.74, 6) is 0.0809. The van der Waals surface area contributed by atoms with Crippen molar-refractivity contribution in [1.29, 1.82) is 0 Å². The average Bonchev–Trinajstić information content (AvgIpc) is 2.39. The van der Waals surface area contributed by atoms with Gasteiger partial charge in [-0.2, -0.15) is 0 Å². The molecule has 0 spiro atoms. The zero-order valence-electron chi connectivity index (χ0n) is 10.8. The van der Waals surface area contributed by atoms with E-state index in [1.165, 1.54) is 5.56 Å². The van der Waals surface area contributed by atoms with Crippen LogP contribution < -0.4 is 0 Å². The van der Waals surface area contributed by atoms with E-state index in [1.807, 2.05) is 36.7 Å². The van der Waals surface area contributed by atoms with E-state index in [9.17, 15) is 4.79 Å². The Balaban J connectivity index is 2.08. The Kier molecular flexibility index (Phi) is 3.82. The monoisotopic (exact) mass is 242 g/mol. The van der Waals surface area contributed by atoms with Crippen molar-refractivity contribution in [3.8, 4) is 0 Å². The molecule has 3 heteroatoms. The fourth-order valence-corrected chi connectivity index (χ4v) is 1.93. The molecule has 0 aliphatic carbocycles. The van der Waals surface area contributed by atoms with Crippen molar-refractivity contribution >= 4 is 5.91 Å². The summed E-state index contributed by atoms with van der Waals surface area (Å²) in [6.07, 6.45) is 6.71. The largest absolute Gasteiger partial charge is 0.350 e. The van der Waals surface area contributed by atoms with Gasteiger partial charge in [0, 0.05) is 38.6 Å². The standard InChI is InChI=1S/C15H18N2O/c1-16(2)15(18)14-9-6-10-17(12-14)11-13-7-4-3-5-8-13/h3-8,10,12H,9,11H2,1-2H3. The van der Waals surface area contributed by atoms with Gasteiger partial charge in [0.1, 0.15) is 0 Å². The molecule has 18 heavy (non-hydrogen) atoms. The molecule has 3 nitrogen and oxygen atoms in total. The number of carbonyl (C=O) groups excluding carboxylic acids is 1. The molecule has 0 unspecified atom stereocenters. The van der Waals surface area contributed by atoms with Crippen molar-refractivity contribution in [3.05, 3.63) is 59.9 Å². The first-order valence-electron chi connectivity index (χ1n) is 6.05. The fraction of sp³-hybridized carbons (Fsp3) is 0.267. The third kappa shape index (κ3) is 3.00. The highest BCUT2D eigenvalue weighted by Gasteiger charge is 2.14. The Bertz CT molecular complexity index is 475. The molecule has 94 valence electrons. The van der Waals surface area contributed by atoms with Gasteiger partial charge >= 0.3 is 0 Å². The summed E-state index contributed by atoms with van der Waals surface area (Å²) in [7, 11) is 3.56. The van der Waals surface area contributed by atoms with Gasteiger partial charge in [-0.25, -0.2) is 0 Å². The minimum absolute atomic E-state index is 0.0809. The molecule has 0 N–H and O–H groups in total. The lowest BCUT2D eigenvalue weighted by molar-refractivity contribution is -0.124. The maximum absolute atomic E-state index is 11.9. The van der Waals surface area contributed by atoms with Crippen molar-refractivity contribution in [2.45, 2.75) is 13.0 Å². The number of nitrogens with zero attached hydrogens (tertiary/aromatic N) is 2. The number of amides is 1. The molecular weight excluding hydrogens is 224 g/mol. The number of carbonyl (C=O) groups is 1. The second-order valence-corrected chi connectivity index (χ2v) is 4.60. The van der Waals surface area contributed by atoms with Gasteiger partial charge in [0.05, 0.1) is 0 Å². The first-order chi connectivity index (χ1) is 8.66. The zero-order chi connectivity index (χ0) is 13.0. The Morgan fingerprint density at radius 1 is 1.28 bits per heavy atom. The van der Waals surface area contributed by atoms with Gasteiger partial charge in [0.15, 0.2) is 0 Å². The highest BCUT2D eigenvalue weighted by atomic mass is 16.2. The predicted molar refractivity (Wildman–Crippen MR) is 72.5 cm³/mol. The van der Waals surface area contributed by atoms with Crippen LogP contribution in [0.3, 0.4) is 0 Å². The smallest absolute Gasteiger partial charge is 0.251 e. The Morgan fingerprint density at radius 2 is 2.00 bits per heavy atom. The van der Waals surface area contributed by atoms with Crippen molar-refractivity contribution in [1.82, 2.24) is 9.80 Å². The predicted octanol–water partition coefficient (Wildman–Crippen LogP) is 2.38. The number of hydrogen-bond acceptors (Lipinski definition) is 2. The van der Waals surface area contributed by atoms with Crippen molar-refractivity contribution < 1.29 is 4.79 Å². The van der Waals surface area contributed by atoms with E-state index in [1.54, 1.807) is 19.0 Å². The summed E-state index contributed by atoms with van der Waals surface area (Å²) in [6.45, 7) is 0.793. The summed E-state index contributed by atoms with van der Waals surface area (Å²) in [5.41, 5.74) is 2.07. The number of allylic oxidation sites excluding steroid dienone is 1. The Labute approximate surface area is 108 Å². The number of hydrogen-bond donors (Lipinski definition) is 0. The van der Waals surface area contributed by atoms with Crippen LogP contribution in [0.1, 0.15) is 12.0 Å². The number of benzene rings is 1. The maximum Gasteiger partial charge on any atom is 0.251 e. The van der Waals surface area contributed by atoms with Crippen molar-refractivity contribution in [2.75, 3.05) is 14.1 Å². The zero-order valence-corrected chi connectivity index (χ0v) is 10.8. The molecule has 0 bridgehead atoms. The fourth-order valence-electron chi connectivity index (χ4n) is 1.93. The lowest BCUT2D eigenvalue weighted by Gasteiger charge is -2.22. The lowest BCUT2D eigenvalue weighted by atomic mass is 10.1. The molecule has 1 aromatic rings. The van der Waals surface area contributed by atoms with Gasteiger partial charge in [0.2, 0.25) is 0 Å². The van der Waals surface area contributed by atoms with Gasteiger partial charge in [-0.1, -0.05) is 36.4 Å². The third-order valence-corrected chi connectivity index (χ3v) is 2.85. The maximum atomic E-state index is 11.9. The molecule has 1 amide bonds. The highest BCUT2D eigenvalue weighted by Crippen LogP contribution is 2.16. The van der Waals surface area contributed by atoms with Crippen LogP contribution in [0, 0.1) is 0 Å². The second-order valence-electron chi connectivity index (χ2n) is 4.60. The van der Waals surface area contributed by atoms with E-state index in [0.717, 1.165) is 12.1 Å². The molecule has 0 saturated heterocycles. The van der Waals surface area contributed by atoms with Crippen molar-refractivity contribution in [2.24, 2.45) is 0 Å². The van der Waals surface area contributed by atoms with Crippen LogP contribution in [-0.2, 0) is 11.3 Å². The van der Waals surface area contributed by atoms with Crippen LogP contribution in [-0.4, -0.2) is 29.8 Å². The quantitative estimate of drug-likeness (QED) is 0.812. The van der Waals surface area contributed by atoms with Crippen LogP contribution in [0.25, 0.3) is 0 Å². The molecule has 2 rings (SSSR count). The summed E-state index contributed by atoms with van der Waals surface area (Å²) in [6, 6.07) is 10.2. The number of likely N-dealkylation sites (N-methyl/N-ethyl adjacent to an activating group) is 1. The van der Waals surface area contributed by atoms with Crippen LogP contribution >= 0.6 is 0 Å². The molecule has 0 aromatic heterocycles. The summed E-state index contributed by atoms with van der Waals surface area (Å²) >= 11 is 0. The second kappa shape index (κ2) is 5.54. The Morgan fingerprint density at radius 3 is 2.67 bits per heavy atom. The SMILES string of the molecule is CN(C)C(=O)C1=CN(Cc2ccccc2)C=CC1. The topological polar surface area (TPSA) is 23.6 Å². The van der Waals surface area contributed by atoms with Crippen LogP contribution in [0.5, 0.6) is 0 Å². The normalized spacial score (nSPS) is 14.3. The lowest BCUT2D eigenvalue weighted by Crippen LogP contribution is -2.26. The molecular formula is C15H18N2O. The first kappa shape index (κ1) is 12.4. The molecule has 0 fully saturated rings. The molecule has 0 saturated carbocycles. The van der Waals surface area contributed by atoms with Crippen LogP contribution in [0.4, 0.5) is 0 Å². The minimum Gasteiger partial charge on any atom is -0.350 e. The van der Waals surface area contributed by atoms with Gasteiger partial charge in [-0.05, 0) is 12.0 Å². The van der Waals surface area contributed by atoms with E-state index in [-0.39, 0.29) is 5.91 Å². The molecule has 1 aliphatic heterocycles. The van der Waals surface area contributed by atoms with Crippen molar-refractivity contribution in [3.63, 3.8) is 0 Å². The minimum atomic E-state index is 0.0809. The highest BCUT2D eigenvalue weighted by molar-refractivity contribution is 5.93. The first-order valence-corrected chi connectivity index (χ1v) is 6.05. The van der Waals surface area contributed by atoms with E-state index in [0.29, 0.717) is 6.42 Å². The van der Waals surface area contributed by atoms with Gasteiger partial charge in [-0.3, -0.25) is 4.79 Å². The van der Waals surface area contributed by atoms with Gasteiger partial charge in [0.25, 0.3) is 5.91 Å². The van der Waals surface area contributed by atoms with E-state index < -0.39 is 0 Å². The number of rotatable bonds is 3. The average molecular weight is 242 g/mol. The molecule has 1 aliphatic rings. The summed E-state index contributed by atoms with van der Waals surface area (Å²) in [5, 5.41) is 0. The molecule has 1 aromatic carbocycles. The third-order valence-electron chi connectivity index (χ3n) is 2.85. The Hall–Kier alpha value is -2.03. The summed E-state index contributed by atoms with van der Waals surface area (Å²) < 4.78 is 0. The molecule has 0 atom stereocenters. The molecule has 1 heterocycles. The van der Waals surface area contributed by atoms with E-state index in [4.69, 9.17) is 0 Å². The van der Waals surface area contributed by atoms with Crippen LogP contribution in [0.2, 0.25) is 0 Å². The van der Waals surface area contributed by atoms with Gasteiger partial charge < -0.3 is 9.80 Å². The molecule has 0 radical (unpaired) electrons. The van der Waals surface area contributed by atoms with E-state index in [2.05, 4.69) is 17.0 Å². The van der Waals surface area contributed by atoms with Crippen LogP contribution in [0.15, 0.2) is 54.4 Å².